The van der Waals surface area contributed by atoms with Crippen LogP contribution in [0.15, 0.2) is 58.2 Å². The lowest BCUT2D eigenvalue weighted by Gasteiger charge is -2.08. The Morgan fingerprint density at radius 3 is 2.48 bits per heavy atom. The first-order chi connectivity index (χ1) is 12.1. The van der Waals surface area contributed by atoms with Crippen LogP contribution in [0.5, 0.6) is 0 Å². The highest BCUT2D eigenvalue weighted by atomic mass is 35.5. The van der Waals surface area contributed by atoms with Gasteiger partial charge in [0.2, 0.25) is 11.8 Å². The van der Waals surface area contributed by atoms with E-state index in [-0.39, 0.29) is 11.7 Å². The summed E-state index contributed by atoms with van der Waals surface area (Å²) in [6.45, 7) is 0. The van der Waals surface area contributed by atoms with Gasteiger partial charge >= 0.3 is 0 Å². The molecule has 3 aromatic rings. The standard InChI is InChI=1S/C17H13Cl2N3O2S/c18-12-7-4-8-13(19)16(12)20-14(23)10-25-17-22-21-15(24-17)9-11-5-2-1-3-6-11/h1-8H,9-10H2,(H,20,23). The molecule has 0 radical (unpaired) electrons. The van der Waals surface area contributed by atoms with Crippen LogP contribution in [0.2, 0.25) is 10.0 Å². The van der Waals surface area contributed by atoms with Gasteiger partial charge in [-0.15, -0.1) is 10.2 Å². The number of benzene rings is 2. The van der Waals surface area contributed by atoms with Crippen molar-refractivity contribution in [2.24, 2.45) is 0 Å². The van der Waals surface area contributed by atoms with Crippen LogP contribution in [-0.2, 0) is 11.2 Å². The van der Waals surface area contributed by atoms with E-state index in [0.717, 1.165) is 17.3 Å². The van der Waals surface area contributed by atoms with E-state index in [9.17, 15) is 4.79 Å². The number of amides is 1. The lowest BCUT2D eigenvalue weighted by atomic mass is 10.2. The predicted molar refractivity (Wildman–Crippen MR) is 99.4 cm³/mol. The van der Waals surface area contributed by atoms with Crippen LogP contribution in [0.25, 0.3) is 0 Å². The van der Waals surface area contributed by atoms with Crippen molar-refractivity contribution in [3.63, 3.8) is 0 Å². The van der Waals surface area contributed by atoms with Crippen LogP contribution in [0.4, 0.5) is 5.69 Å². The number of aromatic nitrogens is 2. The van der Waals surface area contributed by atoms with E-state index >= 15 is 0 Å². The number of para-hydroxylation sites is 1. The van der Waals surface area contributed by atoms with Gasteiger partial charge in [0.25, 0.3) is 5.22 Å². The molecule has 2 aromatic carbocycles. The number of halogens is 2. The molecule has 128 valence electrons. The smallest absolute Gasteiger partial charge is 0.277 e. The second-order valence-electron chi connectivity index (χ2n) is 5.06. The number of hydrogen-bond acceptors (Lipinski definition) is 5. The SMILES string of the molecule is O=C(CSc1nnc(Cc2ccccc2)o1)Nc1c(Cl)cccc1Cl. The van der Waals surface area contributed by atoms with Gasteiger partial charge in [0, 0.05) is 0 Å². The van der Waals surface area contributed by atoms with Crippen LogP contribution < -0.4 is 5.32 Å². The van der Waals surface area contributed by atoms with Crippen molar-refractivity contribution >= 4 is 46.6 Å². The van der Waals surface area contributed by atoms with Crippen molar-refractivity contribution < 1.29 is 9.21 Å². The number of thioether (sulfide) groups is 1. The summed E-state index contributed by atoms with van der Waals surface area (Å²) in [4.78, 5) is 12.0. The molecule has 0 aliphatic heterocycles. The van der Waals surface area contributed by atoms with Gasteiger partial charge in [-0.25, -0.2) is 0 Å². The lowest BCUT2D eigenvalue weighted by molar-refractivity contribution is -0.113. The van der Waals surface area contributed by atoms with Gasteiger partial charge in [0.1, 0.15) is 0 Å². The Morgan fingerprint density at radius 1 is 1.04 bits per heavy atom. The van der Waals surface area contributed by atoms with Crippen molar-refractivity contribution in [1.29, 1.82) is 0 Å². The topological polar surface area (TPSA) is 68.0 Å². The van der Waals surface area contributed by atoms with Gasteiger partial charge in [-0.3, -0.25) is 4.79 Å². The molecule has 0 aliphatic carbocycles. The largest absolute Gasteiger partial charge is 0.416 e. The fraction of sp³-hybridized carbons (Fsp3) is 0.118. The third-order valence-corrected chi connectivity index (χ3v) is 4.65. The van der Waals surface area contributed by atoms with Crippen molar-refractivity contribution in [3.8, 4) is 0 Å². The molecule has 1 amide bonds. The molecule has 8 heteroatoms. The molecule has 1 aromatic heterocycles. The summed E-state index contributed by atoms with van der Waals surface area (Å²) < 4.78 is 5.54. The summed E-state index contributed by atoms with van der Waals surface area (Å²) in [6.07, 6.45) is 0.551. The Labute approximate surface area is 158 Å². The fourth-order valence-corrected chi connectivity index (χ4v) is 3.13. The molecule has 5 nitrogen and oxygen atoms in total. The van der Waals surface area contributed by atoms with Crippen molar-refractivity contribution in [2.75, 3.05) is 11.1 Å². The second kappa shape index (κ2) is 8.38. The molecule has 1 N–H and O–H groups in total. The molecule has 0 spiro atoms. The highest BCUT2D eigenvalue weighted by molar-refractivity contribution is 7.99. The maximum atomic E-state index is 12.0. The summed E-state index contributed by atoms with van der Waals surface area (Å²) in [5, 5.41) is 11.7. The quantitative estimate of drug-likeness (QED) is 0.614. The van der Waals surface area contributed by atoms with E-state index in [1.165, 1.54) is 0 Å². The van der Waals surface area contributed by atoms with Gasteiger partial charge in [0.05, 0.1) is 27.9 Å². The summed E-state index contributed by atoms with van der Waals surface area (Å²) in [7, 11) is 0. The van der Waals surface area contributed by atoms with Crippen molar-refractivity contribution in [1.82, 2.24) is 10.2 Å². The first-order valence-corrected chi connectivity index (χ1v) is 9.09. The number of carbonyl (C=O) groups excluding carboxylic acids is 1. The Balaban J connectivity index is 1.54. The first kappa shape index (κ1) is 17.8. The zero-order chi connectivity index (χ0) is 17.6. The van der Waals surface area contributed by atoms with Crippen LogP contribution in [-0.4, -0.2) is 21.9 Å². The molecule has 3 rings (SSSR count). The number of nitrogens with zero attached hydrogens (tertiary/aromatic N) is 2. The normalized spacial score (nSPS) is 10.6. The molecule has 0 saturated carbocycles. The van der Waals surface area contributed by atoms with Gasteiger partial charge in [-0.1, -0.05) is 71.4 Å². The van der Waals surface area contributed by atoms with E-state index in [1.807, 2.05) is 30.3 Å². The molecule has 25 heavy (non-hydrogen) atoms. The van der Waals surface area contributed by atoms with Crippen LogP contribution >= 0.6 is 35.0 Å². The van der Waals surface area contributed by atoms with Crippen LogP contribution in [0, 0.1) is 0 Å². The molecule has 0 unspecified atom stereocenters. The highest BCUT2D eigenvalue weighted by Crippen LogP contribution is 2.30. The molecule has 0 fully saturated rings. The Bertz CT molecular complexity index is 851. The van der Waals surface area contributed by atoms with Crippen molar-refractivity contribution in [3.05, 3.63) is 70.0 Å². The molecular weight excluding hydrogens is 381 g/mol. The lowest BCUT2D eigenvalue weighted by Crippen LogP contribution is -2.14. The highest BCUT2D eigenvalue weighted by Gasteiger charge is 2.13. The van der Waals surface area contributed by atoms with Crippen molar-refractivity contribution in [2.45, 2.75) is 11.6 Å². The molecular formula is C17H13Cl2N3O2S. The molecule has 1 heterocycles. The second-order valence-corrected chi connectivity index (χ2v) is 6.80. The zero-order valence-corrected chi connectivity index (χ0v) is 15.2. The van der Waals surface area contributed by atoms with Gasteiger partial charge < -0.3 is 9.73 Å². The summed E-state index contributed by atoms with van der Waals surface area (Å²) in [5.41, 5.74) is 1.47. The van der Waals surface area contributed by atoms with Gasteiger partial charge in [0.15, 0.2) is 0 Å². The summed E-state index contributed by atoms with van der Waals surface area (Å²) in [6, 6.07) is 14.8. The fourth-order valence-electron chi connectivity index (χ4n) is 2.06. The minimum absolute atomic E-state index is 0.106. The monoisotopic (exact) mass is 393 g/mol. The predicted octanol–water partition coefficient (Wildman–Crippen LogP) is 4.70. The number of rotatable bonds is 6. The van der Waals surface area contributed by atoms with E-state index in [1.54, 1.807) is 18.2 Å². The van der Waals surface area contributed by atoms with Crippen LogP contribution in [0.3, 0.4) is 0 Å². The minimum atomic E-state index is -0.261. The van der Waals surface area contributed by atoms with E-state index < -0.39 is 0 Å². The molecule has 0 aliphatic rings. The summed E-state index contributed by atoms with van der Waals surface area (Å²) in [5.74, 6) is 0.347. The average molecular weight is 394 g/mol. The molecule has 0 atom stereocenters. The maximum Gasteiger partial charge on any atom is 0.277 e. The Kier molecular flexibility index (Phi) is 5.96. The summed E-state index contributed by atoms with van der Waals surface area (Å²) >= 11 is 13.2. The average Bonchev–Trinajstić information content (AvgIpc) is 3.05. The van der Waals surface area contributed by atoms with E-state index in [0.29, 0.717) is 33.3 Å². The first-order valence-electron chi connectivity index (χ1n) is 7.35. The third kappa shape index (κ3) is 4.98. The molecule has 0 saturated heterocycles. The Hall–Kier alpha value is -2.02. The Morgan fingerprint density at radius 2 is 1.76 bits per heavy atom. The number of nitrogens with one attached hydrogen (secondary N) is 1. The van der Waals surface area contributed by atoms with Gasteiger partial charge in [-0.05, 0) is 17.7 Å². The number of hydrogen-bond donors (Lipinski definition) is 1. The number of anilines is 1. The van der Waals surface area contributed by atoms with Gasteiger partial charge in [-0.2, -0.15) is 0 Å². The molecule has 0 bridgehead atoms. The van der Waals surface area contributed by atoms with E-state index in [2.05, 4.69) is 15.5 Å². The number of carbonyl (C=O) groups is 1. The minimum Gasteiger partial charge on any atom is -0.416 e. The zero-order valence-electron chi connectivity index (χ0n) is 12.9. The third-order valence-electron chi connectivity index (χ3n) is 3.20. The van der Waals surface area contributed by atoms with E-state index in [4.69, 9.17) is 27.6 Å². The maximum absolute atomic E-state index is 12.0. The van der Waals surface area contributed by atoms with Crippen LogP contribution in [0.1, 0.15) is 11.5 Å².